The van der Waals surface area contributed by atoms with Crippen LogP contribution in [0.5, 0.6) is 0 Å². The molecule has 2 aliphatic rings. The Hall–Kier alpha value is -2.70. The van der Waals surface area contributed by atoms with E-state index < -0.39 is 0 Å². The van der Waals surface area contributed by atoms with Crippen LogP contribution in [0.2, 0.25) is 0 Å². The van der Waals surface area contributed by atoms with Gasteiger partial charge in [-0.3, -0.25) is 14.5 Å². The average Bonchev–Trinajstić information content (AvgIpc) is 3.31. The van der Waals surface area contributed by atoms with E-state index in [9.17, 15) is 9.59 Å². The predicted molar refractivity (Wildman–Crippen MR) is 85.7 cm³/mol. The van der Waals surface area contributed by atoms with Crippen molar-refractivity contribution in [2.45, 2.75) is 38.1 Å². The zero-order valence-electron chi connectivity index (χ0n) is 13.4. The Balaban J connectivity index is 1.45. The van der Waals surface area contributed by atoms with Crippen LogP contribution >= 0.6 is 0 Å². The number of imide groups is 1. The summed E-state index contributed by atoms with van der Waals surface area (Å²) in [7, 11) is 1.49. The van der Waals surface area contributed by atoms with Crippen molar-refractivity contribution in [3.63, 3.8) is 0 Å². The number of rotatable bonds is 4. The Morgan fingerprint density at radius 3 is 2.75 bits per heavy atom. The third-order valence-electron chi connectivity index (χ3n) is 4.74. The summed E-state index contributed by atoms with van der Waals surface area (Å²) in [6.45, 7) is 0.385. The third kappa shape index (κ3) is 2.46. The van der Waals surface area contributed by atoms with Gasteiger partial charge in [0, 0.05) is 18.7 Å². The van der Waals surface area contributed by atoms with Crippen molar-refractivity contribution >= 4 is 17.5 Å². The van der Waals surface area contributed by atoms with Gasteiger partial charge in [-0.1, -0.05) is 18.0 Å². The highest BCUT2D eigenvalue weighted by molar-refractivity contribution is 6.21. The Labute approximate surface area is 139 Å². The summed E-state index contributed by atoms with van der Waals surface area (Å²) < 4.78 is 5.29. The van der Waals surface area contributed by atoms with Gasteiger partial charge in [0.1, 0.15) is 0 Å². The van der Waals surface area contributed by atoms with Crippen molar-refractivity contribution in [2.75, 3.05) is 12.4 Å². The molecule has 1 aliphatic heterocycles. The number of nitrogens with one attached hydrogen (secondary N) is 1. The number of fused-ring (bicyclic) bond motifs is 1. The van der Waals surface area contributed by atoms with E-state index >= 15 is 0 Å². The third-order valence-corrected chi connectivity index (χ3v) is 4.74. The average molecular weight is 326 g/mol. The fourth-order valence-electron chi connectivity index (χ4n) is 3.34. The van der Waals surface area contributed by atoms with Crippen LogP contribution in [0, 0.1) is 0 Å². The predicted octanol–water partition coefficient (Wildman–Crippen LogP) is 2.57. The zero-order valence-corrected chi connectivity index (χ0v) is 13.4. The quantitative estimate of drug-likeness (QED) is 0.869. The molecule has 1 fully saturated rings. The van der Waals surface area contributed by atoms with Crippen molar-refractivity contribution in [1.82, 2.24) is 15.0 Å². The molecule has 0 unspecified atom stereocenters. The van der Waals surface area contributed by atoms with Gasteiger partial charge in [0.25, 0.3) is 11.8 Å². The number of benzene rings is 1. The van der Waals surface area contributed by atoms with Gasteiger partial charge in [0.2, 0.25) is 5.89 Å². The van der Waals surface area contributed by atoms with Gasteiger partial charge in [-0.05, 0) is 31.0 Å². The minimum absolute atomic E-state index is 0.264. The van der Waals surface area contributed by atoms with Gasteiger partial charge < -0.3 is 9.84 Å². The lowest BCUT2D eigenvalue weighted by atomic mass is 10.1. The maximum Gasteiger partial charge on any atom is 0.261 e. The van der Waals surface area contributed by atoms with Crippen molar-refractivity contribution in [1.29, 1.82) is 0 Å². The number of carbonyl (C=O) groups is 2. The lowest BCUT2D eigenvalue weighted by molar-refractivity contribution is 0.0693. The van der Waals surface area contributed by atoms with Gasteiger partial charge >= 0.3 is 0 Å². The first kappa shape index (κ1) is 14.9. The van der Waals surface area contributed by atoms with Crippen LogP contribution in [0.4, 0.5) is 5.69 Å². The van der Waals surface area contributed by atoms with Crippen LogP contribution in [0.15, 0.2) is 22.7 Å². The lowest BCUT2D eigenvalue weighted by Gasteiger charge is -2.04. The monoisotopic (exact) mass is 326 g/mol. The van der Waals surface area contributed by atoms with E-state index in [-0.39, 0.29) is 11.8 Å². The summed E-state index contributed by atoms with van der Waals surface area (Å²) in [5.41, 5.74) is 1.60. The summed E-state index contributed by atoms with van der Waals surface area (Å²) >= 11 is 0. The van der Waals surface area contributed by atoms with Crippen LogP contribution in [-0.2, 0) is 6.54 Å². The number of carbonyl (C=O) groups excluding carboxylic acids is 2. The number of nitrogens with zero attached hydrogens (tertiary/aromatic N) is 3. The molecular weight excluding hydrogens is 308 g/mol. The molecule has 1 aromatic heterocycles. The molecule has 0 spiro atoms. The first-order valence-electron chi connectivity index (χ1n) is 8.16. The second kappa shape index (κ2) is 5.74. The van der Waals surface area contributed by atoms with Crippen LogP contribution in [0.1, 0.15) is 64.0 Å². The van der Waals surface area contributed by atoms with Crippen LogP contribution in [0.3, 0.4) is 0 Å². The normalized spacial score (nSPS) is 17.6. The maximum atomic E-state index is 12.0. The Bertz CT molecular complexity index is 808. The minimum Gasteiger partial charge on any atom is -0.376 e. The summed E-state index contributed by atoms with van der Waals surface area (Å²) in [6, 6.07) is 5.13. The number of anilines is 1. The molecule has 124 valence electrons. The van der Waals surface area contributed by atoms with Crippen molar-refractivity contribution in [2.24, 2.45) is 0 Å². The Morgan fingerprint density at radius 2 is 1.96 bits per heavy atom. The van der Waals surface area contributed by atoms with Gasteiger partial charge in [0.15, 0.2) is 5.82 Å². The van der Waals surface area contributed by atoms with Gasteiger partial charge in [-0.25, -0.2) is 0 Å². The van der Waals surface area contributed by atoms with Gasteiger partial charge in [0.05, 0.1) is 17.7 Å². The van der Waals surface area contributed by atoms with E-state index in [1.807, 2.05) is 0 Å². The van der Waals surface area contributed by atoms with Crippen LogP contribution < -0.4 is 5.32 Å². The Kier molecular flexibility index (Phi) is 3.55. The number of hydrogen-bond acceptors (Lipinski definition) is 6. The van der Waals surface area contributed by atoms with Crippen LogP contribution in [0.25, 0.3) is 0 Å². The number of hydrogen-bond donors (Lipinski definition) is 1. The molecule has 1 saturated carbocycles. The molecule has 2 aromatic rings. The molecule has 2 amide bonds. The topological polar surface area (TPSA) is 88.3 Å². The molecule has 0 bridgehead atoms. The largest absolute Gasteiger partial charge is 0.376 e. The molecule has 0 radical (unpaired) electrons. The van der Waals surface area contributed by atoms with E-state index in [4.69, 9.17) is 4.52 Å². The van der Waals surface area contributed by atoms with E-state index in [0.717, 1.165) is 29.3 Å². The SMILES string of the molecule is CN1C(=O)c2ccc(NCc3nc(C4CCCC4)no3)cc2C1=O. The molecule has 1 N–H and O–H groups in total. The van der Waals surface area contributed by atoms with Crippen molar-refractivity contribution in [3.8, 4) is 0 Å². The standard InChI is InChI=1S/C17H18N4O3/c1-21-16(22)12-7-6-11(8-13(12)17(21)23)18-9-14-19-15(20-24-14)10-4-2-3-5-10/h6-8,10,18H,2-5,9H2,1H3. The van der Waals surface area contributed by atoms with E-state index in [1.54, 1.807) is 18.2 Å². The van der Waals surface area contributed by atoms with Gasteiger partial charge in [-0.15, -0.1) is 0 Å². The Morgan fingerprint density at radius 1 is 1.21 bits per heavy atom. The van der Waals surface area contributed by atoms with E-state index in [0.29, 0.717) is 29.5 Å². The van der Waals surface area contributed by atoms with Crippen LogP contribution in [-0.4, -0.2) is 33.9 Å². The molecule has 0 saturated heterocycles. The fraction of sp³-hybridized carbons (Fsp3) is 0.412. The van der Waals surface area contributed by atoms with Crippen molar-refractivity contribution in [3.05, 3.63) is 41.0 Å². The molecule has 1 aliphatic carbocycles. The maximum absolute atomic E-state index is 12.0. The summed E-state index contributed by atoms with van der Waals surface area (Å²) in [5, 5.41) is 7.24. The molecule has 2 heterocycles. The highest BCUT2D eigenvalue weighted by Gasteiger charge is 2.32. The zero-order chi connectivity index (χ0) is 16.7. The summed E-state index contributed by atoms with van der Waals surface area (Å²) in [5.74, 6) is 1.19. The first-order valence-corrected chi connectivity index (χ1v) is 8.16. The van der Waals surface area contributed by atoms with Gasteiger partial charge in [-0.2, -0.15) is 4.98 Å². The summed E-state index contributed by atoms with van der Waals surface area (Å²) in [4.78, 5) is 29.5. The molecule has 24 heavy (non-hydrogen) atoms. The van der Waals surface area contributed by atoms with E-state index in [2.05, 4.69) is 15.5 Å². The second-order valence-electron chi connectivity index (χ2n) is 6.31. The lowest BCUT2D eigenvalue weighted by Crippen LogP contribution is -2.24. The summed E-state index contributed by atoms with van der Waals surface area (Å²) in [6.07, 6.45) is 4.70. The molecule has 7 heteroatoms. The molecule has 4 rings (SSSR count). The highest BCUT2D eigenvalue weighted by atomic mass is 16.5. The second-order valence-corrected chi connectivity index (χ2v) is 6.31. The first-order chi connectivity index (χ1) is 11.6. The molecule has 1 aromatic carbocycles. The number of amides is 2. The van der Waals surface area contributed by atoms with E-state index in [1.165, 1.54) is 19.9 Å². The molecule has 7 nitrogen and oxygen atoms in total. The van der Waals surface area contributed by atoms with Crippen molar-refractivity contribution < 1.29 is 14.1 Å². The molecular formula is C17H18N4O3. The highest BCUT2D eigenvalue weighted by Crippen LogP contribution is 2.32. The fourth-order valence-corrected chi connectivity index (χ4v) is 3.34. The smallest absolute Gasteiger partial charge is 0.261 e. The molecule has 0 atom stereocenters. The minimum atomic E-state index is -0.278. The number of aromatic nitrogens is 2.